The third kappa shape index (κ3) is 6.88. The highest BCUT2D eigenvalue weighted by molar-refractivity contribution is 7.91. The Morgan fingerprint density at radius 3 is 2.33 bits per heavy atom. The summed E-state index contributed by atoms with van der Waals surface area (Å²) in [6, 6.07) is 15.4. The fourth-order valence-corrected chi connectivity index (χ4v) is 3.86. The molecule has 8 heteroatoms. The van der Waals surface area contributed by atoms with E-state index in [4.69, 9.17) is 14.3 Å². The summed E-state index contributed by atoms with van der Waals surface area (Å²) in [6.07, 6.45) is 0.401. The van der Waals surface area contributed by atoms with Crippen molar-refractivity contribution in [3.63, 3.8) is 0 Å². The normalized spacial score (nSPS) is 12.8. The van der Waals surface area contributed by atoms with E-state index in [0.717, 1.165) is 5.56 Å². The molecule has 7 nitrogen and oxygen atoms in total. The average Bonchev–Trinajstić information content (AvgIpc) is 2.76. The molecule has 2 rings (SSSR count). The quantitative estimate of drug-likeness (QED) is 0.307. The summed E-state index contributed by atoms with van der Waals surface area (Å²) in [6.45, 7) is 3.99. The molecule has 0 saturated heterocycles. The topological polar surface area (TPSA) is 91.3 Å². The number of carbonyl (C=O) groups excluding carboxylic acids is 1. The first-order valence-corrected chi connectivity index (χ1v) is 11.3. The van der Waals surface area contributed by atoms with Gasteiger partial charge in [0.2, 0.25) is 0 Å². The van der Waals surface area contributed by atoms with Gasteiger partial charge in [0.1, 0.15) is 24.9 Å². The summed E-state index contributed by atoms with van der Waals surface area (Å²) in [4.78, 5) is 17.4. The number of methoxy groups -OCH3 is 1. The van der Waals surface area contributed by atoms with Crippen LogP contribution < -0.4 is 4.74 Å². The average molecular weight is 434 g/mol. The Labute approximate surface area is 177 Å². The molecule has 0 aliphatic carbocycles. The number of benzene rings is 2. The largest absolute Gasteiger partial charge is 0.493 e. The van der Waals surface area contributed by atoms with Gasteiger partial charge in [-0.05, 0) is 50.1 Å². The summed E-state index contributed by atoms with van der Waals surface area (Å²) in [7, 11) is -2.05. The Bertz CT molecular complexity index is 939. The number of oxime groups is 1. The van der Waals surface area contributed by atoms with Gasteiger partial charge in [-0.1, -0.05) is 35.5 Å². The Hall–Kier alpha value is -2.87. The molecule has 0 aromatic heterocycles. The van der Waals surface area contributed by atoms with Crippen LogP contribution in [0.4, 0.5) is 0 Å². The van der Waals surface area contributed by atoms with E-state index in [1.54, 1.807) is 49.4 Å². The Morgan fingerprint density at radius 1 is 1.07 bits per heavy atom. The van der Waals surface area contributed by atoms with Crippen LogP contribution in [0.15, 0.2) is 64.6 Å². The molecule has 162 valence electrons. The van der Waals surface area contributed by atoms with E-state index in [-0.39, 0.29) is 23.2 Å². The molecule has 2 aromatic carbocycles. The maximum Gasteiger partial charge on any atom is 0.314 e. The first-order chi connectivity index (χ1) is 14.4. The first-order valence-electron chi connectivity index (χ1n) is 9.61. The van der Waals surface area contributed by atoms with Crippen molar-refractivity contribution in [1.29, 1.82) is 0 Å². The van der Waals surface area contributed by atoms with Gasteiger partial charge in [-0.3, -0.25) is 4.79 Å². The van der Waals surface area contributed by atoms with Crippen molar-refractivity contribution in [3.05, 3.63) is 60.2 Å². The molecule has 1 unspecified atom stereocenters. The number of esters is 1. The van der Waals surface area contributed by atoms with Gasteiger partial charge in [-0.15, -0.1) is 0 Å². The zero-order chi connectivity index (χ0) is 22.0. The van der Waals surface area contributed by atoms with Gasteiger partial charge in [0.25, 0.3) is 0 Å². The first kappa shape index (κ1) is 23.4. The molecule has 1 atom stereocenters. The molecule has 0 saturated carbocycles. The van der Waals surface area contributed by atoms with Gasteiger partial charge in [0, 0.05) is 0 Å². The van der Waals surface area contributed by atoms with Crippen molar-refractivity contribution < 1.29 is 27.5 Å². The second-order valence-corrected chi connectivity index (χ2v) is 8.66. The molecular formula is C22H27NO6S. The molecule has 0 bridgehead atoms. The van der Waals surface area contributed by atoms with Crippen molar-refractivity contribution in [2.24, 2.45) is 11.1 Å². The summed E-state index contributed by atoms with van der Waals surface area (Å²) in [5.74, 6) is -0.501. The number of nitrogens with zero attached hydrogens (tertiary/aromatic N) is 1. The lowest BCUT2D eigenvalue weighted by atomic mass is 9.95. The number of ether oxygens (including phenoxy) is 2. The van der Waals surface area contributed by atoms with Crippen molar-refractivity contribution in [1.82, 2.24) is 0 Å². The van der Waals surface area contributed by atoms with E-state index in [2.05, 4.69) is 5.16 Å². The van der Waals surface area contributed by atoms with E-state index in [0.29, 0.717) is 24.5 Å². The highest BCUT2D eigenvalue weighted by Crippen LogP contribution is 2.18. The van der Waals surface area contributed by atoms with Gasteiger partial charge in [0.15, 0.2) is 9.84 Å². The highest BCUT2D eigenvalue weighted by Gasteiger charge is 2.23. The summed E-state index contributed by atoms with van der Waals surface area (Å²) >= 11 is 0. The summed E-state index contributed by atoms with van der Waals surface area (Å²) in [5, 5.41) is 3.95. The Kier molecular flexibility index (Phi) is 8.86. The van der Waals surface area contributed by atoms with Gasteiger partial charge in [0.05, 0.1) is 23.5 Å². The number of sulfone groups is 1. The van der Waals surface area contributed by atoms with Crippen LogP contribution in [0, 0.1) is 5.92 Å². The van der Waals surface area contributed by atoms with E-state index in [1.807, 2.05) is 19.1 Å². The molecule has 0 amide bonds. The van der Waals surface area contributed by atoms with Crippen molar-refractivity contribution in [2.75, 3.05) is 26.1 Å². The zero-order valence-electron chi connectivity index (χ0n) is 17.4. The van der Waals surface area contributed by atoms with Crippen molar-refractivity contribution in [2.45, 2.75) is 25.2 Å². The highest BCUT2D eigenvalue weighted by atomic mass is 32.2. The lowest BCUT2D eigenvalue weighted by Crippen LogP contribution is -2.26. The molecule has 0 heterocycles. The van der Waals surface area contributed by atoms with E-state index < -0.39 is 15.8 Å². The second-order valence-electron chi connectivity index (χ2n) is 6.55. The van der Waals surface area contributed by atoms with Crippen molar-refractivity contribution >= 4 is 21.5 Å². The van der Waals surface area contributed by atoms with Gasteiger partial charge >= 0.3 is 5.97 Å². The van der Waals surface area contributed by atoms with Crippen LogP contribution >= 0.6 is 0 Å². The molecule has 0 fully saturated rings. The van der Waals surface area contributed by atoms with Crippen LogP contribution in [0.3, 0.4) is 0 Å². The predicted octanol–water partition coefficient (Wildman–Crippen LogP) is 3.28. The van der Waals surface area contributed by atoms with Crippen LogP contribution in [0.2, 0.25) is 0 Å². The smallest absolute Gasteiger partial charge is 0.314 e. The van der Waals surface area contributed by atoms with Gasteiger partial charge in [-0.25, -0.2) is 8.42 Å². The van der Waals surface area contributed by atoms with Crippen LogP contribution in [-0.2, 0) is 30.6 Å². The fourth-order valence-electron chi connectivity index (χ4n) is 2.75. The molecule has 0 radical (unpaired) electrons. The maximum absolute atomic E-state index is 12.3. The van der Waals surface area contributed by atoms with Crippen molar-refractivity contribution in [3.8, 4) is 5.75 Å². The third-order valence-electron chi connectivity index (χ3n) is 4.41. The lowest BCUT2D eigenvalue weighted by molar-refractivity contribution is -0.143. The van der Waals surface area contributed by atoms with Crippen LogP contribution in [0.5, 0.6) is 5.75 Å². The van der Waals surface area contributed by atoms with E-state index >= 15 is 0 Å². The second kappa shape index (κ2) is 11.3. The third-order valence-corrected chi connectivity index (χ3v) is 6.11. The number of hydrogen-bond acceptors (Lipinski definition) is 7. The number of carbonyl (C=O) groups is 1. The Morgan fingerprint density at radius 2 is 1.73 bits per heavy atom. The van der Waals surface area contributed by atoms with E-state index in [1.165, 1.54) is 7.11 Å². The van der Waals surface area contributed by atoms with Crippen LogP contribution in [0.25, 0.3) is 0 Å². The fraction of sp³-hybridized carbons (Fsp3) is 0.364. The maximum atomic E-state index is 12.3. The molecule has 0 aliphatic rings. The minimum absolute atomic E-state index is 0.0431. The van der Waals surface area contributed by atoms with Gasteiger partial charge in [-0.2, -0.15) is 0 Å². The van der Waals surface area contributed by atoms with E-state index in [9.17, 15) is 13.2 Å². The SMILES string of the molecule is CCON=C(C)C(Cc1ccc(OCCS(=O)(=O)c2ccccc2)cc1)C(=O)OC. The molecular weight excluding hydrogens is 406 g/mol. The predicted molar refractivity (Wildman–Crippen MR) is 114 cm³/mol. The number of hydrogen-bond donors (Lipinski definition) is 0. The standard InChI is InChI=1S/C22H27NO6S/c1-4-29-23-17(2)21(22(24)27-3)16-18-10-12-19(13-11-18)28-14-15-30(25,26)20-8-6-5-7-9-20/h5-13,21H,4,14-16H2,1-3H3. The van der Waals surface area contributed by atoms with Crippen LogP contribution in [0.1, 0.15) is 19.4 Å². The lowest BCUT2D eigenvalue weighted by Gasteiger charge is -2.14. The molecule has 0 spiro atoms. The summed E-state index contributed by atoms with van der Waals surface area (Å²) in [5.41, 5.74) is 1.43. The molecule has 30 heavy (non-hydrogen) atoms. The molecule has 0 N–H and O–H groups in total. The van der Waals surface area contributed by atoms with Crippen LogP contribution in [-0.4, -0.2) is 46.2 Å². The molecule has 0 aliphatic heterocycles. The zero-order valence-corrected chi connectivity index (χ0v) is 18.2. The monoisotopic (exact) mass is 433 g/mol. The van der Waals surface area contributed by atoms with Gasteiger partial charge < -0.3 is 14.3 Å². The molecule has 2 aromatic rings. The number of rotatable bonds is 11. The minimum atomic E-state index is -3.39. The minimum Gasteiger partial charge on any atom is -0.493 e. The Balaban J connectivity index is 1.96. The summed E-state index contributed by atoms with van der Waals surface area (Å²) < 4.78 is 35.0.